The van der Waals surface area contributed by atoms with E-state index in [0.717, 1.165) is 5.82 Å². The van der Waals surface area contributed by atoms with Crippen molar-refractivity contribution < 1.29 is 17.9 Å². The minimum Gasteiger partial charge on any atom is -0.372 e. The van der Waals surface area contributed by atoms with Gasteiger partial charge in [-0.1, -0.05) is 15.9 Å². The van der Waals surface area contributed by atoms with Crippen LogP contribution in [-0.4, -0.2) is 34.2 Å². The zero-order valence-electron chi connectivity index (χ0n) is 11.1. The van der Waals surface area contributed by atoms with Crippen LogP contribution in [0.5, 0.6) is 0 Å². The molecule has 19 heavy (non-hydrogen) atoms. The third-order valence-corrected chi connectivity index (χ3v) is 2.82. The van der Waals surface area contributed by atoms with Crippen molar-refractivity contribution in [3.8, 4) is 0 Å². The summed E-state index contributed by atoms with van der Waals surface area (Å²) in [6, 6.07) is 0. The molecule has 0 aliphatic heterocycles. The molecular formula is C11H17BrF3N3O. The molecule has 8 heteroatoms. The Balaban J connectivity index is 2.67. The fourth-order valence-electron chi connectivity index (χ4n) is 1.73. The molecule has 1 aromatic heterocycles. The van der Waals surface area contributed by atoms with Crippen molar-refractivity contribution in [3.05, 3.63) is 11.6 Å². The highest BCUT2D eigenvalue weighted by Gasteiger charge is 2.27. The number of ether oxygens (including phenoxy) is 1. The molecule has 0 bridgehead atoms. The van der Waals surface area contributed by atoms with Crippen molar-refractivity contribution in [2.75, 3.05) is 13.2 Å². The first kappa shape index (κ1) is 16.4. The van der Waals surface area contributed by atoms with Gasteiger partial charge in [0.1, 0.15) is 18.3 Å². The number of hydrogen-bond donors (Lipinski definition) is 0. The predicted molar refractivity (Wildman–Crippen MR) is 68.2 cm³/mol. The third-order valence-electron chi connectivity index (χ3n) is 2.32. The van der Waals surface area contributed by atoms with Gasteiger partial charge in [-0.3, -0.25) is 0 Å². The van der Waals surface area contributed by atoms with Crippen LogP contribution in [0.4, 0.5) is 13.2 Å². The van der Waals surface area contributed by atoms with Crippen LogP contribution in [0.15, 0.2) is 0 Å². The normalized spacial score (nSPS) is 13.0. The van der Waals surface area contributed by atoms with E-state index in [1.165, 1.54) is 0 Å². The average molecular weight is 344 g/mol. The zero-order valence-corrected chi connectivity index (χ0v) is 12.7. The number of hydrogen-bond acceptors (Lipinski definition) is 3. The summed E-state index contributed by atoms with van der Waals surface area (Å²) in [7, 11) is 0. The molecule has 0 aliphatic rings. The van der Waals surface area contributed by atoms with Crippen LogP contribution in [0, 0.1) is 0 Å². The summed E-state index contributed by atoms with van der Waals surface area (Å²) in [5.74, 6) is 1.38. The maximum Gasteiger partial charge on any atom is 0.411 e. The SMILES string of the molecule is CC(C)(C)n1c(CBr)nnc1CCOCC(F)(F)F. The topological polar surface area (TPSA) is 39.9 Å². The van der Waals surface area contributed by atoms with Crippen LogP contribution in [0.2, 0.25) is 0 Å². The maximum absolute atomic E-state index is 11.9. The van der Waals surface area contributed by atoms with Gasteiger partial charge >= 0.3 is 6.18 Å². The Morgan fingerprint density at radius 1 is 1.16 bits per heavy atom. The van der Waals surface area contributed by atoms with E-state index in [0.29, 0.717) is 17.6 Å². The first-order valence-electron chi connectivity index (χ1n) is 5.79. The number of nitrogens with zero attached hydrogens (tertiary/aromatic N) is 3. The first-order chi connectivity index (χ1) is 8.65. The molecule has 110 valence electrons. The Morgan fingerprint density at radius 3 is 2.21 bits per heavy atom. The molecule has 0 saturated heterocycles. The monoisotopic (exact) mass is 343 g/mol. The van der Waals surface area contributed by atoms with Gasteiger partial charge in [-0.25, -0.2) is 0 Å². The molecule has 1 aromatic rings. The molecule has 1 heterocycles. The molecule has 0 spiro atoms. The summed E-state index contributed by atoms with van der Waals surface area (Å²) in [4.78, 5) is 0. The lowest BCUT2D eigenvalue weighted by molar-refractivity contribution is -0.173. The van der Waals surface area contributed by atoms with Crippen molar-refractivity contribution in [2.45, 2.75) is 44.2 Å². The van der Waals surface area contributed by atoms with E-state index in [-0.39, 0.29) is 12.1 Å². The van der Waals surface area contributed by atoms with Crippen LogP contribution in [-0.2, 0) is 22.0 Å². The van der Waals surface area contributed by atoms with Gasteiger partial charge < -0.3 is 9.30 Å². The highest BCUT2D eigenvalue weighted by atomic mass is 79.9. The molecule has 0 saturated carbocycles. The van der Waals surface area contributed by atoms with Gasteiger partial charge in [0, 0.05) is 12.0 Å². The summed E-state index contributed by atoms with van der Waals surface area (Å²) >= 11 is 3.32. The average Bonchev–Trinajstić information content (AvgIpc) is 2.65. The van der Waals surface area contributed by atoms with Crippen LogP contribution in [0.1, 0.15) is 32.4 Å². The highest BCUT2D eigenvalue weighted by molar-refractivity contribution is 9.08. The van der Waals surface area contributed by atoms with Crippen molar-refractivity contribution in [1.29, 1.82) is 0 Å². The lowest BCUT2D eigenvalue weighted by Gasteiger charge is -2.24. The van der Waals surface area contributed by atoms with E-state index >= 15 is 0 Å². The van der Waals surface area contributed by atoms with Crippen LogP contribution < -0.4 is 0 Å². The summed E-state index contributed by atoms with van der Waals surface area (Å²) in [5.41, 5.74) is -0.230. The van der Waals surface area contributed by atoms with Gasteiger partial charge in [-0.2, -0.15) is 13.2 Å². The Bertz CT molecular complexity index is 412. The van der Waals surface area contributed by atoms with Crippen molar-refractivity contribution >= 4 is 15.9 Å². The number of aromatic nitrogens is 3. The Labute approximate surface area is 118 Å². The van der Waals surface area contributed by atoms with E-state index in [9.17, 15) is 13.2 Å². The molecule has 0 aliphatic carbocycles. The van der Waals surface area contributed by atoms with Gasteiger partial charge in [-0.15, -0.1) is 10.2 Å². The summed E-state index contributed by atoms with van der Waals surface area (Å²) in [6.07, 6.45) is -3.99. The minimum atomic E-state index is -4.29. The van der Waals surface area contributed by atoms with E-state index in [4.69, 9.17) is 0 Å². The molecule has 0 amide bonds. The molecule has 0 fully saturated rings. The second-order valence-electron chi connectivity index (χ2n) is 5.09. The van der Waals surface area contributed by atoms with Gasteiger partial charge in [0.2, 0.25) is 0 Å². The highest BCUT2D eigenvalue weighted by Crippen LogP contribution is 2.20. The standard InChI is InChI=1S/C11H17BrF3N3O/c1-10(2,3)18-8(16-17-9(18)6-12)4-5-19-7-11(13,14)15/h4-7H2,1-3H3. The fraction of sp³-hybridized carbons (Fsp3) is 0.818. The van der Waals surface area contributed by atoms with Crippen molar-refractivity contribution in [3.63, 3.8) is 0 Å². The molecular weight excluding hydrogens is 327 g/mol. The molecule has 0 N–H and O–H groups in total. The van der Waals surface area contributed by atoms with E-state index in [1.54, 1.807) is 0 Å². The smallest absolute Gasteiger partial charge is 0.372 e. The maximum atomic E-state index is 11.9. The third kappa shape index (κ3) is 5.10. The number of rotatable bonds is 5. The summed E-state index contributed by atoms with van der Waals surface area (Å²) < 4.78 is 42.3. The van der Waals surface area contributed by atoms with Crippen molar-refractivity contribution in [2.24, 2.45) is 0 Å². The summed E-state index contributed by atoms with van der Waals surface area (Å²) in [5, 5.41) is 8.57. The number of halogens is 4. The van der Waals surface area contributed by atoms with Crippen LogP contribution in [0.25, 0.3) is 0 Å². The Morgan fingerprint density at radius 2 is 1.74 bits per heavy atom. The van der Waals surface area contributed by atoms with E-state index < -0.39 is 12.8 Å². The van der Waals surface area contributed by atoms with Gasteiger partial charge in [0.05, 0.1) is 11.9 Å². The Kier molecular flexibility index (Phi) is 5.37. The molecule has 4 nitrogen and oxygen atoms in total. The fourth-order valence-corrected chi connectivity index (χ4v) is 2.09. The van der Waals surface area contributed by atoms with Crippen molar-refractivity contribution in [1.82, 2.24) is 14.8 Å². The number of alkyl halides is 4. The van der Waals surface area contributed by atoms with E-state index in [1.807, 2.05) is 25.3 Å². The van der Waals surface area contributed by atoms with E-state index in [2.05, 4.69) is 30.9 Å². The second-order valence-corrected chi connectivity index (χ2v) is 5.65. The molecule has 1 rings (SSSR count). The zero-order chi connectivity index (χ0) is 14.7. The van der Waals surface area contributed by atoms with Crippen LogP contribution >= 0.6 is 15.9 Å². The largest absolute Gasteiger partial charge is 0.411 e. The lowest BCUT2D eigenvalue weighted by Crippen LogP contribution is -2.27. The quantitative estimate of drug-likeness (QED) is 0.609. The minimum absolute atomic E-state index is 0.0317. The van der Waals surface area contributed by atoms with Gasteiger partial charge in [-0.05, 0) is 20.8 Å². The van der Waals surface area contributed by atoms with Gasteiger partial charge in [0.15, 0.2) is 0 Å². The molecule has 0 aromatic carbocycles. The van der Waals surface area contributed by atoms with Crippen LogP contribution in [0.3, 0.4) is 0 Å². The van der Waals surface area contributed by atoms with Gasteiger partial charge in [0.25, 0.3) is 0 Å². The Hall–Kier alpha value is -0.630. The molecule has 0 radical (unpaired) electrons. The second kappa shape index (κ2) is 6.21. The predicted octanol–water partition coefficient (Wildman–Crippen LogP) is 3.05. The lowest BCUT2D eigenvalue weighted by atomic mass is 10.1. The molecule has 0 atom stereocenters. The molecule has 0 unspecified atom stereocenters. The summed E-state index contributed by atoms with van der Waals surface area (Å²) in [6.45, 7) is 4.70. The first-order valence-corrected chi connectivity index (χ1v) is 6.91.